The zero-order valence-corrected chi connectivity index (χ0v) is 14.9. The predicted molar refractivity (Wildman–Crippen MR) is 98.9 cm³/mol. The topological polar surface area (TPSA) is 70.8 Å². The summed E-state index contributed by atoms with van der Waals surface area (Å²) in [7, 11) is 0. The first-order valence-electron chi connectivity index (χ1n) is 8.86. The van der Waals surface area contributed by atoms with Crippen LogP contribution in [0.15, 0.2) is 24.3 Å². The van der Waals surface area contributed by atoms with Crippen molar-refractivity contribution in [1.82, 2.24) is 15.1 Å². The third-order valence-electron chi connectivity index (χ3n) is 4.11. The number of carbonyl (C=O) groups is 1. The lowest BCUT2D eigenvalue weighted by atomic mass is 10.1. The maximum absolute atomic E-state index is 12.5. The second-order valence-corrected chi connectivity index (χ2v) is 6.47. The molecule has 0 unspecified atom stereocenters. The van der Waals surface area contributed by atoms with Gasteiger partial charge in [0.15, 0.2) is 5.69 Å². The van der Waals surface area contributed by atoms with E-state index < -0.39 is 0 Å². The molecule has 0 fully saturated rings. The molecule has 1 aromatic carbocycles. The Bertz CT molecular complexity index is 702. The van der Waals surface area contributed by atoms with Crippen LogP contribution in [0.1, 0.15) is 69.4 Å². The number of nitrogens with one attached hydrogen (secondary N) is 2. The lowest BCUT2D eigenvalue weighted by Crippen LogP contribution is -2.26. The van der Waals surface area contributed by atoms with Gasteiger partial charge in [-0.2, -0.15) is 5.10 Å². The number of fused-ring (bicyclic) bond motifs is 1. The summed E-state index contributed by atoms with van der Waals surface area (Å²) in [4.78, 5) is 12.5. The highest BCUT2D eigenvalue weighted by Crippen LogP contribution is 2.21. The fourth-order valence-corrected chi connectivity index (χ4v) is 2.77. The third kappa shape index (κ3) is 4.43. The Balaban J connectivity index is 1.98. The van der Waals surface area contributed by atoms with Crippen molar-refractivity contribution in [2.45, 2.75) is 58.9 Å². The third-order valence-corrected chi connectivity index (χ3v) is 4.11. The van der Waals surface area contributed by atoms with Crippen molar-refractivity contribution in [1.29, 1.82) is 5.41 Å². The zero-order chi connectivity index (χ0) is 17.5. The van der Waals surface area contributed by atoms with E-state index >= 15 is 0 Å². The summed E-state index contributed by atoms with van der Waals surface area (Å²) in [5.41, 5.74) is 2.16. The number of unbranched alkanes of at least 4 members (excludes halogenated alkanes) is 2. The van der Waals surface area contributed by atoms with Gasteiger partial charge in [-0.1, -0.05) is 38.0 Å². The van der Waals surface area contributed by atoms with Crippen molar-refractivity contribution in [3.8, 4) is 0 Å². The van der Waals surface area contributed by atoms with Gasteiger partial charge in [-0.3, -0.25) is 9.48 Å². The predicted octanol–water partition coefficient (Wildman–Crippen LogP) is 4.34. The lowest BCUT2D eigenvalue weighted by Gasteiger charge is -2.06. The molecule has 1 aromatic heterocycles. The smallest absolute Gasteiger partial charge is 0.272 e. The van der Waals surface area contributed by atoms with Crippen molar-refractivity contribution < 1.29 is 4.79 Å². The highest BCUT2D eigenvalue weighted by atomic mass is 16.1. The van der Waals surface area contributed by atoms with Crippen molar-refractivity contribution in [3.63, 3.8) is 0 Å². The van der Waals surface area contributed by atoms with E-state index in [1.165, 1.54) is 0 Å². The van der Waals surface area contributed by atoms with Gasteiger partial charge in [0.25, 0.3) is 5.91 Å². The zero-order valence-electron chi connectivity index (χ0n) is 14.9. The van der Waals surface area contributed by atoms with Crippen LogP contribution in [0.4, 0.5) is 0 Å². The molecule has 0 saturated heterocycles. The molecule has 0 bridgehead atoms. The van der Waals surface area contributed by atoms with E-state index in [4.69, 9.17) is 5.41 Å². The Labute approximate surface area is 143 Å². The number of aromatic nitrogens is 2. The van der Waals surface area contributed by atoms with E-state index in [0.29, 0.717) is 24.4 Å². The van der Waals surface area contributed by atoms with Gasteiger partial charge in [0, 0.05) is 30.1 Å². The van der Waals surface area contributed by atoms with Crippen LogP contribution < -0.4 is 5.32 Å². The van der Waals surface area contributed by atoms with Crippen LogP contribution in [0.3, 0.4) is 0 Å². The number of carbonyl (C=O) groups excluding carboxylic acids is 1. The first-order chi connectivity index (χ1) is 11.5. The fraction of sp³-hybridized carbons (Fsp3) is 0.526. The standard InChI is InChI=1S/C19H28N4O/c1-4-5-6-9-15(20)12-13-21-19(24)18-16-10-7-8-11-17(16)23(22-18)14(2)3/h7-8,10-11,14,20H,4-6,9,12-13H2,1-3H3,(H,21,24). The summed E-state index contributed by atoms with van der Waals surface area (Å²) >= 11 is 0. The highest BCUT2D eigenvalue weighted by Gasteiger charge is 2.17. The molecule has 0 atom stereocenters. The Morgan fingerprint density at radius 1 is 1.25 bits per heavy atom. The quantitative estimate of drug-likeness (QED) is 0.531. The van der Waals surface area contributed by atoms with Crippen molar-refractivity contribution in [2.75, 3.05) is 6.54 Å². The van der Waals surface area contributed by atoms with E-state index in [0.717, 1.165) is 36.6 Å². The number of para-hydroxylation sites is 1. The second-order valence-electron chi connectivity index (χ2n) is 6.47. The van der Waals surface area contributed by atoms with Crippen molar-refractivity contribution in [3.05, 3.63) is 30.0 Å². The van der Waals surface area contributed by atoms with Gasteiger partial charge < -0.3 is 10.7 Å². The van der Waals surface area contributed by atoms with Gasteiger partial charge in [0.2, 0.25) is 0 Å². The number of amides is 1. The molecule has 1 heterocycles. The molecule has 5 heteroatoms. The first kappa shape index (κ1) is 18.2. The fourth-order valence-electron chi connectivity index (χ4n) is 2.77. The second kappa shape index (κ2) is 8.62. The van der Waals surface area contributed by atoms with Gasteiger partial charge in [-0.15, -0.1) is 0 Å². The van der Waals surface area contributed by atoms with Crippen LogP contribution in [-0.2, 0) is 0 Å². The van der Waals surface area contributed by atoms with Crippen LogP contribution in [0, 0.1) is 5.41 Å². The monoisotopic (exact) mass is 328 g/mol. The minimum Gasteiger partial charge on any atom is -0.350 e. The lowest BCUT2D eigenvalue weighted by molar-refractivity contribution is 0.0950. The molecule has 2 aromatic rings. The van der Waals surface area contributed by atoms with Gasteiger partial charge in [-0.25, -0.2) is 0 Å². The minimum atomic E-state index is -0.160. The van der Waals surface area contributed by atoms with Crippen LogP contribution >= 0.6 is 0 Å². The normalized spacial score (nSPS) is 11.2. The summed E-state index contributed by atoms with van der Waals surface area (Å²) in [5, 5.41) is 16.2. The number of nitrogens with zero attached hydrogens (tertiary/aromatic N) is 2. The van der Waals surface area contributed by atoms with Gasteiger partial charge >= 0.3 is 0 Å². The summed E-state index contributed by atoms with van der Waals surface area (Å²) in [6.07, 6.45) is 4.82. The van der Waals surface area contributed by atoms with Crippen LogP contribution in [0.5, 0.6) is 0 Å². The molecular weight excluding hydrogens is 300 g/mol. The molecule has 0 spiro atoms. The molecule has 130 valence electrons. The van der Waals surface area contributed by atoms with Crippen molar-refractivity contribution >= 4 is 22.5 Å². The van der Waals surface area contributed by atoms with Crippen molar-refractivity contribution in [2.24, 2.45) is 0 Å². The largest absolute Gasteiger partial charge is 0.350 e. The van der Waals surface area contributed by atoms with E-state index in [1.807, 2.05) is 28.9 Å². The average molecular weight is 328 g/mol. The summed E-state index contributed by atoms with van der Waals surface area (Å²) in [6.45, 7) is 6.76. The molecular formula is C19H28N4O. The summed E-state index contributed by atoms with van der Waals surface area (Å²) in [6, 6.07) is 8.01. The van der Waals surface area contributed by atoms with Crippen LogP contribution in [0.25, 0.3) is 10.9 Å². The van der Waals surface area contributed by atoms with Crippen LogP contribution in [-0.4, -0.2) is 27.9 Å². The minimum absolute atomic E-state index is 0.160. The molecule has 2 rings (SSSR count). The maximum Gasteiger partial charge on any atom is 0.272 e. The van der Waals surface area contributed by atoms with E-state index in [1.54, 1.807) is 0 Å². The number of hydrogen-bond acceptors (Lipinski definition) is 3. The molecule has 2 N–H and O–H groups in total. The first-order valence-corrected chi connectivity index (χ1v) is 8.86. The van der Waals surface area contributed by atoms with E-state index in [9.17, 15) is 4.79 Å². The molecule has 0 radical (unpaired) electrons. The van der Waals surface area contributed by atoms with Gasteiger partial charge in [0.05, 0.1) is 5.52 Å². The molecule has 0 aliphatic carbocycles. The molecule has 1 amide bonds. The average Bonchev–Trinajstić information content (AvgIpc) is 2.95. The van der Waals surface area contributed by atoms with Gasteiger partial charge in [-0.05, 0) is 32.8 Å². The van der Waals surface area contributed by atoms with E-state index in [-0.39, 0.29) is 11.9 Å². The summed E-state index contributed by atoms with van der Waals surface area (Å²) in [5.74, 6) is -0.160. The molecule has 0 aliphatic heterocycles. The van der Waals surface area contributed by atoms with E-state index in [2.05, 4.69) is 31.2 Å². The molecule has 0 aliphatic rings. The Morgan fingerprint density at radius 2 is 2.00 bits per heavy atom. The Kier molecular flexibility index (Phi) is 6.53. The van der Waals surface area contributed by atoms with Crippen LogP contribution in [0.2, 0.25) is 0 Å². The molecule has 5 nitrogen and oxygen atoms in total. The SMILES string of the molecule is CCCCCC(=N)CCNC(=O)c1nn(C(C)C)c2ccccc12. The summed E-state index contributed by atoms with van der Waals surface area (Å²) < 4.78 is 1.89. The Morgan fingerprint density at radius 3 is 2.71 bits per heavy atom. The Hall–Kier alpha value is -2.17. The maximum atomic E-state index is 12.5. The molecule has 24 heavy (non-hydrogen) atoms. The highest BCUT2D eigenvalue weighted by molar-refractivity contribution is 6.05. The number of benzene rings is 1. The number of hydrogen-bond donors (Lipinski definition) is 2. The number of rotatable bonds is 9. The van der Waals surface area contributed by atoms with Gasteiger partial charge in [0.1, 0.15) is 0 Å². The molecule has 0 saturated carbocycles.